The highest BCUT2D eigenvalue weighted by Gasteiger charge is 2.23. The second-order valence-electron chi connectivity index (χ2n) is 7.68. The molecule has 2 aromatic heterocycles. The molecular weight excluding hydrogens is 434 g/mol. The second kappa shape index (κ2) is 8.15. The Morgan fingerprint density at radius 3 is 2.45 bits per heavy atom. The lowest BCUT2D eigenvalue weighted by Crippen LogP contribution is -2.43. The number of fused-ring (bicyclic) bond motifs is 1. The molecular formula is C24H21Cl2FN4. The average Bonchev–Trinajstić information content (AvgIpc) is 3.08. The molecule has 0 bridgehead atoms. The first-order valence-corrected chi connectivity index (χ1v) is 10.9. The van der Waals surface area contributed by atoms with Crippen LogP contribution >= 0.6 is 23.2 Å². The lowest BCUT2D eigenvalue weighted by molar-refractivity contribution is 0.589. The van der Waals surface area contributed by atoms with Crippen LogP contribution in [0.1, 0.15) is 0 Å². The van der Waals surface area contributed by atoms with Crippen molar-refractivity contribution >= 4 is 39.9 Å². The molecule has 3 heterocycles. The molecule has 0 saturated carbocycles. The maximum atomic E-state index is 15.0. The highest BCUT2D eigenvalue weighted by atomic mass is 35.5. The molecule has 7 heteroatoms. The van der Waals surface area contributed by atoms with Crippen LogP contribution in [0.15, 0.2) is 54.7 Å². The van der Waals surface area contributed by atoms with Crippen LogP contribution in [0.5, 0.6) is 0 Å². The molecule has 4 nitrogen and oxygen atoms in total. The number of hydrogen-bond donors (Lipinski definition) is 1. The van der Waals surface area contributed by atoms with Crippen molar-refractivity contribution in [2.75, 3.05) is 31.1 Å². The summed E-state index contributed by atoms with van der Waals surface area (Å²) in [6, 6.07) is 14.9. The Morgan fingerprint density at radius 2 is 1.74 bits per heavy atom. The number of benzene rings is 2. The Hall–Kier alpha value is -2.60. The molecule has 158 valence electrons. The zero-order chi connectivity index (χ0) is 21.5. The van der Waals surface area contributed by atoms with E-state index in [4.69, 9.17) is 23.2 Å². The number of anilines is 1. The zero-order valence-electron chi connectivity index (χ0n) is 17.0. The van der Waals surface area contributed by atoms with Gasteiger partial charge in [0, 0.05) is 66.6 Å². The van der Waals surface area contributed by atoms with Gasteiger partial charge >= 0.3 is 0 Å². The van der Waals surface area contributed by atoms with E-state index >= 15 is 4.39 Å². The minimum Gasteiger partial charge on any atom is -0.369 e. The van der Waals surface area contributed by atoms with E-state index in [0.29, 0.717) is 21.3 Å². The predicted octanol–water partition coefficient (Wildman–Crippen LogP) is 5.76. The number of piperazine rings is 1. The smallest absolute Gasteiger partial charge is 0.142 e. The normalized spacial score (nSPS) is 14.4. The van der Waals surface area contributed by atoms with E-state index in [1.807, 2.05) is 11.6 Å². The van der Waals surface area contributed by atoms with Gasteiger partial charge in [0.2, 0.25) is 0 Å². The highest BCUT2D eigenvalue weighted by molar-refractivity contribution is 6.37. The van der Waals surface area contributed by atoms with Crippen LogP contribution in [-0.2, 0) is 7.05 Å². The monoisotopic (exact) mass is 454 g/mol. The Labute approximate surface area is 190 Å². The Kier molecular flexibility index (Phi) is 5.34. The molecule has 2 aromatic carbocycles. The third-order valence-electron chi connectivity index (χ3n) is 5.84. The van der Waals surface area contributed by atoms with Gasteiger partial charge in [0.25, 0.3) is 0 Å². The fraction of sp³-hybridized carbons (Fsp3) is 0.208. The summed E-state index contributed by atoms with van der Waals surface area (Å²) in [6.45, 7) is 3.92. The molecule has 4 aromatic rings. The van der Waals surface area contributed by atoms with Gasteiger partial charge in [-0.2, -0.15) is 0 Å². The van der Waals surface area contributed by atoms with Crippen molar-refractivity contribution in [1.82, 2.24) is 14.9 Å². The van der Waals surface area contributed by atoms with Crippen LogP contribution < -0.4 is 10.2 Å². The van der Waals surface area contributed by atoms with Crippen LogP contribution in [0.4, 0.5) is 10.1 Å². The van der Waals surface area contributed by atoms with Gasteiger partial charge in [-0.25, -0.2) is 9.37 Å². The third-order valence-corrected chi connectivity index (χ3v) is 6.39. The number of rotatable bonds is 3. The van der Waals surface area contributed by atoms with Crippen LogP contribution in [0.2, 0.25) is 10.0 Å². The minimum absolute atomic E-state index is 0.354. The third kappa shape index (κ3) is 3.57. The zero-order valence-corrected chi connectivity index (χ0v) is 18.5. The van der Waals surface area contributed by atoms with E-state index < -0.39 is 5.82 Å². The summed E-state index contributed by atoms with van der Waals surface area (Å²) in [5.41, 5.74) is 4.90. The van der Waals surface area contributed by atoms with Gasteiger partial charge in [0.15, 0.2) is 0 Å². The second-order valence-corrected chi connectivity index (χ2v) is 8.53. The van der Waals surface area contributed by atoms with Gasteiger partial charge in [-0.05, 0) is 42.0 Å². The summed E-state index contributed by atoms with van der Waals surface area (Å²) in [7, 11) is 1.93. The Bertz CT molecular complexity index is 1260. The Morgan fingerprint density at radius 1 is 1.00 bits per heavy atom. The quantitative estimate of drug-likeness (QED) is 0.426. The molecule has 0 atom stereocenters. The highest BCUT2D eigenvalue weighted by Crippen LogP contribution is 2.43. The van der Waals surface area contributed by atoms with Crippen LogP contribution in [0.25, 0.3) is 33.4 Å². The SMILES string of the molecule is Cn1c(-c2ccc(N3CCNCC3)cc2)c(-c2ccc(Cl)cc2F)c2c(Cl)ccnc21. The van der Waals surface area contributed by atoms with E-state index in [1.54, 1.807) is 24.4 Å². The predicted molar refractivity (Wildman–Crippen MR) is 127 cm³/mol. The first-order chi connectivity index (χ1) is 15.0. The lowest BCUT2D eigenvalue weighted by atomic mass is 9.98. The standard InChI is InChI=1S/C24H21Cl2FN4/c1-30-23(15-2-5-17(6-3-15)31-12-10-28-11-13-31)21(18-7-4-16(25)14-20(18)27)22-19(26)8-9-29-24(22)30/h2-9,14,28H,10-13H2,1H3. The summed E-state index contributed by atoms with van der Waals surface area (Å²) in [5, 5.41) is 5.00. The number of nitrogens with zero attached hydrogens (tertiary/aromatic N) is 3. The van der Waals surface area contributed by atoms with Crippen LogP contribution in [0.3, 0.4) is 0 Å². The summed E-state index contributed by atoms with van der Waals surface area (Å²) < 4.78 is 17.0. The van der Waals surface area contributed by atoms with Crippen molar-refractivity contribution in [3.05, 3.63) is 70.6 Å². The van der Waals surface area contributed by atoms with Gasteiger partial charge in [-0.15, -0.1) is 0 Å². The van der Waals surface area contributed by atoms with Crippen LogP contribution in [0, 0.1) is 5.82 Å². The molecule has 0 unspecified atom stereocenters. The molecule has 1 aliphatic heterocycles. The van der Waals surface area contributed by atoms with E-state index in [-0.39, 0.29) is 0 Å². The van der Waals surface area contributed by atoms with Crippen molar-refractivity contribution in [1.29, 1.82) is 0 Å². The number of nitrogens with one attached hydrogen (secondary N) is 1. The molecule has 5 rings (SSSR count). The molecule has 31 heavy (non-hydrogen) atoms. The van der Waals surface area contributed by atoms with Gasteiger partial charge in [-0.1, -0.05) is 35.3 Å². The lowest BCUT2D eigenvalue weighted by Gasteiger charge is -2.29. The number of aromatic nitrogens is 2. The summed E-state index contributed by atoms with van der Waals surface area (Å²) in [5.74, 6) is -0.390. The van der Waals surface area contributed by atoms with E-state index in [0.717, 1.165) is 48.4 Å². The van der Waals surface area contributed by atoms with Crippen molar-refractivity contribution in [3.63, 3.8) is 0 Å². The van der Waals surface area contributed by atoms with E-state index in [1.165, 1.54) is 11.8 Å². The molecule has 0 aliphatic carbocycles. The summed E-state index contributed by atoms with van der Waals surface area (Å²) in [4.78, 5) is 6.89. The number of halogens is 3. The average molecular weight is 455 g/mol. The fourth-order valence-corrected chi connectivity index (χ4v) is 4.75. The van der Waals surface area contributed by atoms with Crippen molar-refractivity contribution in [3.8, 4) is 22.4 Å². The largest absolute Gasteiger partial charge is 0.369 e. The molecule has 0 amide bonds. The van der Waals surface area contributed by atoms with E-state index in [9.17, 15) is 0 Å². The maximum Gasteiger partial charge on any atom is 0.142 e. The molecule has 1 N–H and O–H groups in total. The molecule has 1 aliphatic rings. The first kappa shape index (κ1) is 20.3. The van der Waals surface area contributed by atoms with Gasteiger partial charge in [-0.3, -0.25) is 0 Å². The van der Waals surface area contributed by atoms with Crippen molar-refractivity contribution in [2.45, 2.75) is 0 Å². The molecule has 0 spiro atoms. The van der Waals surface area contributed by atoms with Crippen molar-refractivity contribution < 1.29 is 4.39 Å². The summed E-state index contributed by atoms with van der Waals surface area (Å²) in [6.07, 6.45) is 1.67. The van der Waals surface area contributed by atoms with Gasteiger partial charge < -0.3 is 14.8 Å². The van der Waals surface area contributed by atoms with E-state index in [2.05, 4.69) is 39.5 Å². The maximum absolute atomic E-state index is 15.0. The molecule has 1 saturated heterocycles. The molecule has 1 fully saturated rings. The van der Waals surface area contributed by atoms with Gasteiger partial charge in [0.05, 0.1) is 10.7 Å². The Balaban J connectivity index is 1.71. The summed E-state index contributed by atoms with van der Waals surface area (Å²) >= 11 is 12.6. The number of aryl methyl sites for hydroxylation is 1. The minimum atomic E-state index is -0.390. The number of pyridine rings is 1. The topological polar surface area (TPSA) is 33.1 Å². The fourth-order valence-electron chi connectivity index (χ4n) is 4.35. The van der Waals surface area contributed by atoms with Crippen molar-refractivity contribution in [2.24, 2.45) is 7.05 Å². The number of hydrogen-bond acceptors (Lipinski definition) is 3. The van der Waals surface area contributed by atoms with Crippen LogP contribution in [-0.4, -0.2) is 35.7 Å². The first-order valence-electron chi connectivity index (χ1n) is 10.2. The van der Waals surface area contributed by atoms with Gasteiger partial charge in [0.1, 0.15) is 11.5 Å². The molecule has 0 radical (unpaired) electrons.